The summed E-state index contributed by atoms with van der Waals surface area (Å²) in [7, 11) is 0. The van der Waals surface area contributed by atoms with E-state index in [1.54, 1.807) is 6.33 Å². The van der Waals surface area contributed by atoms with Crippen LogP contribution in [0.1, 0.15) is 19.3 Å². The van der Waals surface area contributed by atoms with Crippen LogP contribution in [0.3, 0.4) is 0 Å². The molecule has 0 spiro atoms. The number of hydrogen-bond donors (Lipinski definition) is 2. The van der Waals surface area contributed by atoms with Crippen LogP contribution in [0, 0.1) is 0 Å². The number of ether oxygens (including phenoxy) is 1. The van der Waals surface area contributed by atoms with Crippen molar-refractivity contribution in [3.05, 3.63) is 42.7 Å². The Morgan fingerprint density at radius 1 is 1.00 bits per heavy atom. The van der Waals surface area contributed by atoms with Crippen molar-refractivity contribution in [2.45, 2.75) is 31.3 Å². The fourth-order valence-corrected chi connectivity index (χ4v) is 3.60. The zero-order valence-corrected chi connectivity index (χ0v) is 14.4. The number of benzene rings is 1. The molecular weight excluding hydrogens is 314 g/mol. The Kier molecular flexibility index (Phi) is 5.09. The molecule has 6 nitrogen and oxygen atoms in total. The van der Waals surface area contributed by atoms with Gasteiger partial charge in [0.05, 0.1) is 6.61 Å². The van der Waals surface area contributed by atoms with Crippen molar-refractivity contribution in [2.24, 2.45) is 0 Å². The van der Waals surface area contributed by atoms with Crippen molar-refractivity contribution >= 4 is 17.3 Å². The van der Waals surface area contributed by atoms with Gasteiger partial charge in [-0.15, -0.1) is 0 Å². The number of para-hydroxylation sites is 1. The number of piperidine rings is 1. The molecule has 2 aromatic rings. The van der Waals surface area contributed by atoms with Crippen molar-refractivity contribution in [3.63, 3.8) is 0 Å². The van der Waals surface area contributed by atoms with E-state index >= 15 is 0 Å². The quantitative estimate of drug-likeness (QED) is 0.873. The van der Waals surface area contributed by atoms with Gasteiger partial charge in [0.2, 0.25) is 0 Å². The van der Waals surface area contributed by atoms with E-state index in [0.717, 1.165) is 56.5 Å². The molecule has 0 amide bonds. The summed E-state index contributed by atoms with van der Waals surface area (Å²) in [4.78, 5) is 11.3. The molecule has 6 heteroatoms. The van der Waals surface area contributed by atoms with Crippen LogP contribution in [0.2, 0.25) is 0 Å². The topological polar surface area (TPSA) is 62.3 Å². The Morgan fingerprint density at radius 3 is 2.56 bits per heavy atom. The van der Waals surface area contributed by atoms with E-state index in [2.05, 4.69) is 25.5 Å². The second kappa shape index (κ2) is 7.80. The summed E-state index contributed by atoms with van der Waals surface area (Å²) in [5, 5.41) is 6.88. The Morgan fingerprint density at radius 2 is 1.80 bits per heavy atom. The van der Waals surface area contributed by atoms with Crippen molar-refractivity contribution in [2.75, 3.05) is 36.9 Å². The van der Waals surface area contributed by atoms with Crippen LogP contribution in [-0.4, -0.2) is 53.3 Å². The highest BCUT2D eigenvalue weighted by Crippen LogP contribution is 2.22. The molecule has 1 aromatic heterocycles. The number of nitrogens with zero attached hydrogens (tertiary/aromatic N) is 3. The third-order valence-electron chi connectivity index (χ3n) is 5.02. The van der Waals surface area contributed by atoms with E-state index in [-0.39, 0.29) is 0 Å². The van der Waals surface area contributed by atoms with Crippen LogP contribution in [0.25, 0.3) is 0 Å². The van der Waals surface area contributed by atoms with E-state index < -0.39 is 0 Å². The lowest BCUT2D eigenvalue weighted by molar-refractivity contribution is 0.124. The highest BCUT2D eigenvalue weighted by Gasteiger charge is 2.27. The van der Waals surface area contributed by atoms with Crippen LogP contribution in [0.4, 0.5) is 17.3 Å². The molecule has 1 aromatic carbocycles. The molecule has 2 aliphatic heterocycles. The summed E-state index contributed by atoms with van der Waals surface area (Å²) >= 11 is 0. The Hall–Kier alpha value is -2.18. The third kappa shape index (κ3) is 4.27. The lowest BCUT2D eigenvalue weighted by Crippen LogP contribution is -2.44. The fourth-order valence-electron chi connectivity index (χ4n) is 3.60. The first kappa shape index (κ1) is 16.3. The van der Waals surface area contributed by atoms with Crippen molar-refractivity contribution in [1.29, 1.82) is 0 Å². The van der Waals surface area contributed by atoms with Gasteiger partial charge >= 0.3 is 0 Å². The van der Waals surface area contributed by atoms with Gasteiger partial charge in [-0.25, -0.2) is 9.97 Å². The highest BCUT2D eigenvalue weighted by atomic mass is 16.5. The molecule has 132 valence electrons. The largest absolute Gasteiger partial charge is 0.380 e. The summed E-state index contributed by atoms with van der Waals surface area (Å²) in [5.41, 5.74) is 1.03. The average Bonchev–Trinajstić information content (AvgIpc) is 3.18. The molecule has 25 heavy (non-hydrogen) atoms. The van der Waals surface area contributed by atoms with E-state index in [4.69, 9.17) is 4.74 Å². The van der Waals surface area contributed by atoms with Crippen molar-refractivity contribution in [1.82, 2.24) is 14.9 Å². The van der Waals surface area contributed by atoms with Gasteiger partial charge in [-0.1, -0.05) is 18.2 Å². The van der Waals surface area contributed by atoms with E-state index in [0.29, 0.717) is 12.1 Å². The van der Waals surface area contributed by atoms with E-state index in [1.165, 1.54) is 6.42 Å². The first-order chi connectivity index (χ1) is 12.4. The van der Waals surface area contributed by atoms with Gasteiger partial charge in [0.15, 0.2) is 0 Å². The van der Waals surface area contributed by atoms with Crippen molar-refractivity contribution < 1.29 is 4.74 Å². The van der Waals surface area contributed by atoms with Gasteiger partial charge in [-0.3, -0.25) is 4.90 Å². The molecule has 2 fully saturated rings. The molecule has 0 aliphatic carbocycles. The normalized spacial score (nSPS) is 22.0. The minimum atomic E-state index is 0.470. The predicted octanol–water partition coefficient (Wildman–Crippen LogP) is 2.89. The second-order valence-electron chi connectivity index (χ2n) is 6.75. The van der Waals surface area contributed by atoms with Gasteiger partial charge in [-0.2, -0.15) is 0 Å². The minimum absolute atomic E-state index is 0.470. The Labute approximate surface area is 148 Å². The van der Waals surface area contributed by atoms with Gasteiger partial charge < -0.3 is 15.4 Å². The molecule has 1 atom stereocenters. The van der Waals surface area contributed by atoms with Crippen LogP contribution in [-0.2, 0) is 4.74 Å². The number of rotatable bonds is 5. The summed E-state index contributed by atoms with van der Waals surface area (Å²) in [5.74, 6) is 1.69. The van der Waals surface area contributed by atoms with Gasteiger partial charge in [-0.05, 0) is 31.4 Å². The van der Waals surface area contributed by atoms with Crippen LogP contribution in [0.5, 0.6) is 0 Å². The molecule has 0 bridgehead atoms. The molecule has 2 aliphatic rings. The summed E-state index contributed by atoms with van der Waals surface area (Å²) in [6.07, 6.45) is 5.07. The maximum absolute atomic E-state index is 5.51. The standard InChI is InChI=1S/C19H25N5O/c1-2-4-15(5-3-1)22-18-12-19(21-14-20-18)23-16-6-9-24(10-7-16)17-8-11-25-13-17/h1-5,12,14,16-17H,6-11,13H2,(H2,20,21,22,23). The third-order valence-corrected chi connectivity index (χ3v) is 5.02. The molecule has 3 heterocycles. The maximum Gasteiger partial charge on any atom is 0.135 e. The molecule has 0 saturated carbocycles. The molecule has 4 rings (SSSR count). The molecule has 2 N–H and O–H groups in total. The number of hydrogen-bond acceptors (Lipinski definition) is 6. The van der Waals surface area contributed by atoms with Gasteiger partial charge in [0.1, 0.15) is 18.0 Å². The lowest BCUT2D eigenvalue weighted by Gasteiger charge is -2.35. The minimum Gasteiger partial charge on any atom is -0.380 e. The monoisotopic (exact) mass is 339 g/mol. The Bertz CT molecular complexity index is 667. The zero-order valence-electron chi connectivity index (χ0n) is 14.4. The van der Waals surface area contributed by atoms with E-state index in [9.17, 15) is 0 Å². The highest BCUT2D eigenvalue weighted by molar-refractivity contribution is 5.58. The first-order valence-electron chi connectivity index (χ1n) is 9.09. The summed E-state index contributed by atoms with van der Waals surface area (Å²) in [6, 6.07) is 13.1. The SMILES string of the molecule is c1ccc(Nc2cc(NC3CCN(C4CCOC4)CC3)ncn2)cc1. The predicted molar refractivity (Wildman–Crippen MR) is 99.2 cm³/mol. The lowest BCUT2D eigenvalue weighted by atomic mass is 10.0. The van der Waals surface area contributed by atoms with Crippen molar-refractivity contribution in [3.8, 4) is 0 Å². The summed E-state index contributed by atoms with van der Waals surface area (Å²) < 4.78 is 5.51. The number of anilines is 3. The summed E-state index contributed by atoms with van der Waals surface area (Å²) in [6.45, 7) is 4.08. The van der Waals surface area contributed by atoms with Crippen LogP contribution < -0.4 is 10.6 Å². The number of likely N-dealkylation sites (tertiary alicyclic amines) is 1. The molecular formula is C19H25N5O. The van der Waals surface area contributed by atoms with Gasteiger partial charge in [0, 0.05) is 43.5 Å². The fraction of sp³-hybridized carbons (Fsp3) is 0.474. The smallest absolute Gasteiger partial charge is 0.135 e. The molecule has 2 saturated heterocycles. The molecule has 1 unspecified atom stereocenters. The second-order valence-corrected chi connectivity index (χ2v) is 6.75. The number of aromatic nitrogens is 2. The van der Waals surface area contributed by atoms with E-state index in [1.807, 2.05) is 36.4 Å². The van der Waals surface area contributed by atoms with Crippen LogP contribution >= 0.6 is 0 Å². The maximum atomic E-state index is 5.51. The van der Waals surface area contributed by atoms with Gasteiger partial charge in [0.25, 0.3) is 0 Å². The first-order valence-corrected chi connectivity index (χ1v) is 9.09. The number of nitrogens with one attached hydrogen (secondary N) is 2. The zero-order chi connectivity index (χ0) is 16.9. The average molecular weight is 339 g/mol. The van der Waals surface area contributed by atoms with Crippen LogP contribution in [0.15, 0.2) is 42.7 Å². The Balaban J connectivity index is 1.31. The molecule has 0 radical (unpaired) electrons.